The molecule has 0 atom stereocenters. The summed E-state index contributed by atoms with van der Waals surface area (Å²) < 4.78 is 0. The number of hydrogen-bond acceptors (Lipinski definition) is 4. The van der Waals surface area contributed by atoms with E-state index in [2.05, 4.69) is 5.32 Å². The molecular weight excluding hydrogens is 302 g/mol. The summed E-state index contributed by atoms with van der Waals surface area (Å²) in [6.07, 6.45) is 1.87. The van der Waals surface area contributed by atoms with Gasteiger partial charge in [-0.1, -0.05) is 38.1 Å². The van der Waals surface area contributed by atoms with Crippen LogP contribution in [0.15, 0.2) is 36.4 Å². The lowest BCUT2D eigenvalue weighted by atomic mass is 9.97. The first-order valence-electron chi connectivity index (χ1n) is 7.89. The van der Waals surface area contributed by atoms with E-state index in [1.165, 1.54) is 6.07 Å². The Morgan fingerprint density at radius 1 is 1.25 bits per heavy atom. The Bertz CT molecular complexity index is 812. The van der Waals surface area contributed by atoms with Crippen molar-refractivity contribution in [3.63, 3.8) is 0 Å². The maximum Gasteiger partial charge on any atom is 0.258 e. The molecule has 122 valence electrons. The second-order valence-corrected chi connectivity index (χ2v) is 6.28. The lowest BCUT2D eigenvalue weighted by Gasteiger charge is -2.19. The molecule has 0 saturated carbocycles. The number of amides is 1. The molecule has 0 spiro atoms. The second kappa shape index (κ2) is 6.25. The third-order valence-corrected chi connectivity index (χ3v) is 4.34. The summed E-state index contributed by atoms with van der Waals surface area (Å²) in [6.45, 7) is 5.05. The van der Waals surface area contributed by atoms with E-state index in [0.717, 1.165) is 16.7 Å². The standard InChI is InChI=1S/C19H19N3O2/c1-12(2)15-7-16(18(23)8-17(15)21-11-20)19(24)22-9-13-5-3-4-6-14(13)10-22/h3-8,12,21,23H,9-10H2,1-2H3. The van der Waals surface area contributed by atoms with Crippen molar-refractivity contribution in [2.24, 2.45) is 0 Å². The number of fused-ring (bicyclic) bond motifs is 1. The molecule has 1 aliphatic rings. The van der Waals surface area contributed by atoms with Crippen molar-refractivity contribution in [2.45, 2.75) is 32.9 Å². The molecule has 0 fully saturated rings. The molecule has 3 rings (SSSR count). The molecule has 5 nitrogen and oxygen atoms in total. The third-order valence-electron chi connectivity index (χ3n) is 4.34. The maximum atomic E-state index is 12.9. The molecule has 0 bridgehead atoms. The number of nitriles is 1. The van der Waals surface area contributed by atoms with Gasteiger partial charge in [-0.2, -0.15) is 5.26 Å². The van der Waals surface area contributed by atoms with E-state index in [9.17, 15) is 9.90 Å². The number of carbonyl (C=O) groups is 1. The Kier molecular flexibility index (Phi) is 4.13. The molecule has 1 heterocycles. The van der Waals surface area contributed by atoms with Crippen LogP contribution in [0.1, 0.15) is 46.8 Å². The van der Waals surface area contributed by atoms with E-state index in [4.69, 9.17) is 5.26 Å². The number of nitrogens with zero attached hydrogens (tertiary/aromatic N) is 2. The first kappa shape index (κ1) is 15.9. The van der Waals surface area contributed by atoms with Gasteiger partial charge in [0.05, 0.1) is 11.3 Å². The topological polar surface area (TPSA) is 76.4 Å². The van der Waals surface area contributed by atoms with Crippen molar-refractivity contribution in [3.05, 3.63) is 58.7 Å². The zero-order valence-corrected chi connectivity index (χ0v) is 13.7. The Labute approximate surface area is 141 Å². The van der Waals surface area contributed by atoms with Crippen LogP contribution >= 0.6 is 0 Å². The first-order valence-corrected chi connectivity index (χ1v) is 7.89. The molecule has 0 aliphatic carbocycles. The number of aromatic hydroxyl groups is 1. The highest BCUT2D eigenvalue weighted by atomic mass is 16.3. The second-order valence-electron chi connectivity index (χ2n) is 6.28. The minimum Gasteiger partial charge on any atom is -0.507 e. The summed E-state index contributed by atoms with van der Waals surface area (Å²) in [7, 11) is 0. The average Bonchev–Trinajstić information content (AvgIpc) is 2.98. The Hall–Kier alpha value is -3.00. The van der Waals surface area contributed by atoms with Gasteiger partial charge in [-0.25, -0.2) is 0 Å². The van der Waals surface area contributed by atoms with Crippen LogP contribution in [0, 0.1) is 11.5 Å². The molecule has 0 aromatic heterocycles. The number of benzene rings is 2. The van der Waals surface area contributed by atoms with E-state index < -0.39 is 0 Å². The van der Waals surface area contributed by atoms with E-state index in [1.54, 1.807) is 11.0 Å². The predicted molar refractivity (Wildman–Crippen MR) is 91.5 cm³/mol. The van der Waals surface area contributed by atoms with Crippen LogP contribution in [0.3, 0.4) is 0 Å². The van der Waals surface area contributed by atoms with Gasteiger partial charge in [-0.15, -0.1) is 0 Å². The Morgan fingerprint density at radius 2 is 1.88 bits per heavy atom. The lowest BCUT2D eigenvalue weighted by Crippen LogP contribution is -2.25. The van der Waals surface area contributed by atoms with Crippen LogP contribution in [0.25, 0.3) is 0 Å². The highest BCUT2D eigenvalue weighted by molar-refractivity contribution is 5.98. The summed E-state index contributed by atoms with van der Waals surface area (Å²) in [5.74, 6) is -0.198. The summed E-state index contributed by atoms with van der Waals surface area (Å²) in [5, 5.41) is 21.7. The average molecular weight is 321 g/mol. The number of hydrogen-bond donors (Lipinski definition) is 2. The minimum absolute atomic E-state index is 0.113. The van der Waals surface area contributed by atoms with E-state index >= 15 is 0 Å². The maximum absolute atomic E-state index is 12.9. The van der Waals surface area contributed by atoms with Crippen LogP contribution in [0.4, 0.5) is 5.69 Å². The van der Waals surface area contributed by atoms with Gasteiger partial charge in [0, 0.05) is 19.2 Å². The minimum atomic E-state index is -0.200. The van der Waals surface area contributed by atoms with Crippen molar-refractivity contribution in [1.82, 2.24) is 4.90 Å². The Balaban J connectivity index is 1.94. The molecule has 24 heavy (non-hydrogen) atoms. The molecule has 0 unspecified atom stereocenters. The number of anilines is 1. The van der Waals surface area contributed by atoms with E-state index in [1.807, 2.05) is 44.3 Å². The largest absolute Gasteiger partial charge is 0.507 e. The molecule has 0 radical (unpaired) electrons. The van der Waals surface area contributed by atoms with Crippen molar-refractivity contribution >= 4 is 11.6 Å². The number of carbonyl (C=O) groups excluding carboxylic acids is 1. The zero-order chi connectivity index (χ0) is 17.3. The highest BCUT2D eigenvalue weighted by Gasteiger charge is 2.26. The van der Waals surface area contributed by atoms with Crippen LogP contribution in [0.2, 0.25) is 0 Å². The van der Waals surface area contributed by atoms with Gasteiger partial charge in [-0.3, -0.25) is 10.1 Å². The summed E-state index contributed by atoms with van der Waals surface area (Å²) in [6, 6.07) is 11.1. The van der Waals surface area contributed by atoms with Gasteiger partial charge in [0.2, 0.25) is 0 Å². The highest BCUT2D eigenvalue weighted by Crippen LogP contribution is 2.33. The molecule has 1 aliphatic heterocycles. The van der Waals surface area contributed by atoms with Crippen LogP contribution < -0.4 is 5.32 Å². The number of nitrogens with one attached hydrogen (secondary N) is 1. The summed E-state index contributed by atoms with van der Waals surface area (Å²) in [4.78, 5) is 14.6. The normalized spacial score (nSPS) is 12.8. The Morgan fingerprint density at radius 3 is 2.42 bits per heavy atom. The SMILES string of the molecule is CC(C)c1cc(C(=O)N2Cc3ccccc3C2)c(O)cc1NC#N. The lowest BCUT2D eigenvalue weighted by molar-refractivity contribution is 0.0748. The molecule has 2 aromatic rings. The first-order chi connectivity index (χ1) is 11.5. The van der Waals surface area contributed by atoms with Gasteiger partial charge in [0.15, 0.2) is 6.19 Å². The van der Waals surface area contributed by atoms with Crippen LogP contribution in [-0.2, 0) is 13.1 Å². The fourth-order valence-corrected chi connectivity index (χ4v) is 3.07. The quantitative estimate of drug-likeness (QED) is 0.669. The molecule has 0 saturated heterocycles. The van der Waals surface area contributed by atoms with Gasteiger partial charge in [0.25, 0.3) is 5.91 Å². The zero-order valence-electron chi connectivity index (χ0n) is 13.7. The predicted octanol–water partition coefficient (Wildman–Crippen LogP) is 3.56. The number of phenolic OH excluding ortho intramolecular Hbond substituents is 1. The number of rotatable bonds is 3. The molecule has 5 heteroatoms. The number of phenols is 1. The fourth-order valence-electron chi connectivity index (χ4n) is 3.07. The van der Waals surface area contributed by atoms with Gasteiger partial charge in [-0.05, 0) is 28.7 Å². The molecular formula is C19H19N3O2. The van der Waals surface area contributed by atoms with Gasteiger partial charge >= 0.3 is 0 Å². The van der Waals surface area contributed by atoms with E-state index in [0.29, 0.717) is 18.8 Å². The van der Waals surface area contributed by atoms with Crippen molar-refractivity contribution in [2.75, 3.05) is 5.32 Å². The van der Waals surface area contributed by atoms with Crippen LogP contribution in [-0.4, -0.2) is 15.9 Å². The van der Waals surface area contributed by atoms with Crippen molar-refractivity contribution in [1.29, 1.82) is 5.26 Å². The van der Waals surface area contributed by atoms with Crippen molar-refractivity contribution < 1.29 is 9.90 Å². The van der Waals surface area contributed by atoms with Crippen LogP contribution in [0.5, 0.6) is 5.75 Å². The molecule has 1 amide bonds. The molecule has 2 aromatic carbocycles. The monoisotopic (exact) mass is 321 g/mol. The summed E-state index contributed by atoms with van der Waals surface area (Å²) in [5.41, 5.74) is 3.91. The molecule has 2 N–H and O–H groups in total. The van der Waals surface area contributed by atoms with E-state index in [-0.39, 0.29) is 23.1 Å². The van der Waals surface area contributed by atoms with Gasteiger partial charge in [0.1, 0.15) is 5.75 Å². The third kappa shape index (κ3) is 2.79. The fraction of sp³-hybridized carbons (Fsp3) is 0.263. The van der Waals surface area contributed by atoms with Crippen molar-refractivity contribution in [3.8, 4) is 11.9 Å². The smallest absolute Gasteiger partial charge is 0.258 e. The van der Waals surface area contributed by atoms with Gasteiger partial charge < -0.3 is 10.0 Å². The summed E-state index contributed by atoms with van der Waals surface area (Å²) >= 11 is 0.